The second-order valence-electron chi connectivity index (χ2n) is 8.52. The van der Waals surface area contributed by atoms with Crippen molar-refractivity contribution < 1.29 is 23.9 Å². The van der Waals surface area contributed by atoms with Gasteiger partial charge in [-0.05, 0) is 25.1 Å². The third-order valence-electron chi connectivity index (χ3n) is 5.90. The highest BCUT2D eigenvalue weighted by atomic mass is 16.5. The molecule has 2 aromatic rings. The van der Waals surface area contributed by atoms with Crippen molar-refractivity contribution in [1.29, 1.82) is 0 Å². The molecule has 0 saturated carbocycles. The first-order valence-corrected chi connectivity index (χ1v) is 11.1. The number of nitrogens with one attached hydrogen (secondary N) is 1. The lowest BCUT2D eigenvalue weighted by Gasteiger charge is -2.35. The summed E-state index contributed by atoms with van der Waals surface area (Å²) in [6, 6.07) is 4.65. The molecule has 3 rings (SSSR count). The van der Waals surface area contributed by atoms with Gasteiger partial charge >= 0.3 is 0 Å². The highest BCUT2D eigenvalue weighted by molar-refractivity contribution is 6.04. The van der Waals surface area contributed by atoms with E-state index >= 15 is 0 Å². The summed E-state index contributed by atoms with van der Waals surface area (Å²) in [4.78, 5) is 49.4. The van der Waals surface area contributed by atoms with Gasteiger partial charge in [0.15, 0.2) is 0 Å². The largest absolute Gasteiger partial charge is 0.491 e. The van der Waals surface area contributed by atoms with Gasteiger partial charge in [0.25, 0.3) is 11.8 Å². The Morgan fingerprint density at radius 3 is 2.62 bits per heavy atom. The molecule has 3 amide bonds. The molecule has 10 heteroatoms. The molecule has 0 saturated heterocycles. The van der Waals surface area contributed by atoms with E-state index in [9.17, 15) is 14.4 Å². The molecule has 0 aliphatic carbocycles. The van der Waals surface area contributed by atoms with Crippen LogP contribution in [0.25, 0.3) is 0 Å². The van der Waals surface area contributed by atoms with Crippen molar-refractivity contribution in [2.75, 3.05) is 39.2 Å². The highest BCUT2D eigenvalue weighted by Crippen LogP contribution is 2.26. The van der Waals surface area contributed by atoms with Crippen molar-refractivity contribution in [3.05, 3.63) is 48.0 Å². The summed E-state index contributed by atoms with van der Waals surface area (Å²) in [7, 11) is 3.29. The van der Waals surface area contributed by atoms with Crippen LogP contribution in [0.4, 0.5) is 5.69 Å². The first-order valence-electron chi connectivity index (χ1n) is 11.1. The van der Waals surface area contributed by atoms with Crippen LogP contribution in [0.3, 0.4) is 0 Å². The number of likely N-dealkylation sites (N-methyl/N-ethyl adjacent to an activating group) is 1. The lowest BCUT2D eigenvalue weighted by Crippen LogP contribution is -2.48. The van der Waals surface area contributed by atoms with Crippen LogP contribution in [0.5, 0.6) is 5.75 Å². The molecule has 1 aromatic carbocycles. The normalized spacial score (nSPS) is 21.6. The maximum Gasteiger partial charge on any atom is 0.275 e. The predicted molar refractivity (Wildman–Crippen MR) is 126 cm³/mol. The lowest BCUT2D eigenvalue weighted by atomic mass is 10.0. The highest BCUT2D eigenvalue weighted by Gasteiger charge is 2.29. The Kier molecular flexibility index (Phi) is 8.17. The van der Waals surface area contributed by atoms with Crippen LogP contribution in [0, 0.1) is 5.92 Å². The average Bonchev–Trinajstić information content (AvgIpc) is 2.83. The van der Waals surface area contributed by atoms with E-state index in [0.29, 0.717) is 30.1 Å². The number of rotatable bonds is 3. The van der Waals surface area contributed by atoms with E-state index in [1.807, 2.05) is 13.8 Å². The number of anilines is 1. The Bertz CT molecular complexity index is 1030. The SMILES string of the molecule is CO[C@@H]1CN(C)C(=O)c2cc(NC(=O)c3cnccn3)ccc2OC[C@H](C)N(C(C)=O)C[C@@H]1C. The van der Waals surface area contributed by atoms with Gasteiger partial charge in [0.05, 0.1) is 23.9 Å². The third-order valence-corrected chi connectivity index (χ3v) is 5.90. The number of fused-ring (bicyclic) bond motifs is 1. The zero-order valence-corrected chi connectivity index (χ0v) is 20.1. The molecule has 0 spiro atoms. The number of benzene rings is 1. The Balaban J connectivity index is 1.94. The van der Waals surface area contributed by atoms with Crippen LogP contribution in [-0.2, 0) is 9.53 Å². The van der Waals surface area contributed by atoms with Crippen molar-refractivity contribution in [3.63, 3.8) is 0 Å². The first-order chi connectivity index (χ1) is 16.2. The molecule has 10 nitrogen and oxygen atoms in total. The number of aromatic nitrogens is 2. The number of hydrogen-bond donors (Lipinski definition) is 1. The minimum absolute atomic E-state index is 0.0110. The average molecular weight is 470 g/mol. The van der Waals surface area contributed by atoms with Crippen LogP contribution in [-0.4, -0.2) is 83.5 Å². The standard InChI is InChI=1S/C24H31N5O5/c1-15-12-29(17(3)30)16(2)14-34-21-7-6-18(27-23(31)20-11-25-8-9-26-20)10-19(21)24(32)28(4)13-22(15)33-5/h6-11,15-16,22H,12-14H2,1-5H3,(H,27,31)/t15-,16-,22+/m0/s1. The summed E-state index contributed by atoms with van der Waals surface area (Å²) in [6.07, 6.45) is 4.00. The van der Waals surface area contributed by atoms with Crippen LogP contribution in [0.1, 0.15) is 41.6 Å². The zero-order valence-electron chi connectivity index (χ0n) is 20.1. The molecule has 0 bridgehead atoms. The maximum atomic E-state index is 13.4. The summed E-state index contributed by atoms with van der Waals surface area (Å²) in [6.45, 7) is 6.46. The van der Waals surface area contributed by atoms with E-state index in [2.05, 4.69) is 15.3 Å². The summed E-state index contributed by atoms with van der Waals surface area (Å²) >= 11 is 0. The molecule has 34 heavy (non-hydrogen) atoms. The molecular weight excluding hydrogens is 438 g/mol. The molecule has 1 aliphatic rings. The van der Waals surface area contributed by atoms with Crippen LogP contribution < -0.4 is 10.1 Å². The van der Waals surface area contributed by atoms with Gasteiger partial charge in [-0.3, -0.25) is 19.4 Å². The molecule has 1 aromatic heterocycles. The smallest absolute Gasteiger partial charge is 0.275 e. The lowest BCUT2D eigenvalue weighted by molar-refractivity contribution is -0.133. The summed E-state index contributed by atoms with van der Waals surface area (Å²) in [5, 5.41) is 2.74. The van der Waals surface area contributed by atoms with Crippen molar-refractivity contribution in [2.45, 2.75) is 32.9 Å². The first kappa shape index (κ1) is 25.1. The third kappa shape index (κ3) is 5.88. The van der Waals surface area contributed by atoms with Gasteiger partial charge in [0.2, 0.25) is 5.91 Å². The minimum Gasteiger partial charge on any atom is -0.491 e. The van der Waals surface area contributed by atoms with Crippen LogP contribution in [0.2, 0.25) is 0 Å². The van der Waals surface area contributed by atoms with Crippen molar-refractivity contribution in [2.24, 2.45) is 5.92 Å². The molecule has 1 aliphatic heterocycles. The Morgan fingerprint density at radius 1 is 1.21 bits per heavy atom. The molecule has 3 atom stereocenters. The second-order valence-corrected chi connectivity index (χ2v) is 8.52. The number of methoxy groups -OCH3 is 1. The number of nitrogens with zero attached hydrogens (tertiary/aromatic N) is 4. The van der Waals surface area contributed by atoms with Crippen molar-refractivity contribution in [3.8, 4) is 5.75 Å². The van der Waals surface area contributed by atoms with Gasteiger partial charge in [-0.2, -0.15) is 0 Å². The van der Waals surface area contributed by atoms with Gasteiger partial charge in [-0.25, -0.2) is 4.98 Å². The monoisotopic (exact) mass is 469 g/mol. The molecule has 0 unspecified atom stereocenters. The predicted octanol–water partition coefficient (Wildman–Crippen LogP) is 2.08. The van der Waals surface area contributed by atoms with Crippen LogP contribution in [0.15, 0.2) is 36.8 Å². The van der Waals surface area contributed by atoms with E-state index in [1.165, 1.54) is 25.5 Å². The van der Waals surface area contributed by atoms with Gasteiger partial charge in [0.1, 0.15) is 18.1 Å². The van der Waals surface area contributed by atoms with E-state index in [-0.39, 0.29) is 42.2 Å². The maximum absolute atomic E-state index is 13.4. The van der Waals surface area contributed by atoms with E-state index < -0.39 is 5.91 Å². The fourth-order valence-corrected chi connectivity index (χ4v) is 3.90. The quantitative estimate of drug-likeness (QED) is 0.732. The topological polar surface area (TPSA) is 114 Å². The second kappa shape index (κ2) is 11.1. The van der Waals surface area contributed by atoms with Gasteiger partial charge in [-0.1, -0.05) is 6.92 Å². The summed E-state index contributed by atoms with van der Waals surface area (Å²) in [5.74, 6) is -0.407. The molecule has 1 N–H and O–H groups in total. The number of ether oxygens (including phenoxy) is 2. The van der Waals surface area contributed by atoms with Gasteiger partial charge < -0.3 is 24.6 Å². The summed E-state index contributed by atoms with van der Waals surface area (Å²) < 4.78 is 11.7. The fourth-order valence-electron chi connectivity index (χ4n) is 3.90. The molecule has 0 fully saturated rings. The Hall–Kier alpha value is -3.53. The van der Waals surface area contributed by atoms with Crippen molar-refractivity contribution in [1.82, 2.24) is 19.8 Å². The minimum atomic E-state index is -0.443. The number of hydrogen-bond acceptors (Lipinski definition) is 7. The Labute approximate surface area is 199 Å². The number of amides is 3. The van der Waals surface area contributed by atoms with Crippen LogP contribution >= 0.6 is 0 Å². The number of carbonyl (C=O) groups excluding carboxylic acids is 3. The van der Waals surface area contributed by atoms with E-state index in [4.69, 9.17) is 9.47 Å². The fraction of sp³-hybridized carbons (Fsp3) is 0.458. The van der Waals surface area contributed by atoms with Gasteiger partial charge in [-0.15, -0.1) is 0 Å². The van der Waals surface area contributed by atoms with Crippen molar-refractivity contribution >= 4 is 23.4 Å². The molecular formula is C24H31N5O5. The molecule has 0 radical (unpaired) electrons. The van der Waals surface area contributed by atoms with E-state index in [0.717, 1.165) is 0 Å². The Morgan fingerprint density at radius 2 is 1.97 bits per heavy atom. The number of carbonyl (C=O) groups is 3. The molecule has 182 valence electrons. The zero-order chi connectivity index (χ0) is 24.8. The van der Waals surface area contributed by atoms with E-state index in [1.54, 1.807) is 42.2 Å². The summed E-state index contributed by atoms with van der Waals surface area (Å²) in [5.41, 5.74) is 0.871. The van der Waals surface area contributed by atoms with Gasteiger partial charge in [0, 0.05) is 58.2 Å². The molecule has 2 heterocycles.